The van der Waals surface area contributed by atoms with Gasteiger partial charge in [-0.05, 0) is 37.0 Å². The number of nitrogens with one attached hydrogen (secondary N) is 1. The van der Waals surface area contributed by atoms with Gasteiger partial charge in [-0.1, -0.05) is 25.1 Å². The number of nitrogens with zero attached hydrogens (tertiary/aromatic N) is 3. The lowest BCUT2D eigenvalue weighted by Gasteiger charge is -2.13. The van der Waals surface area contributed by atoms with Crippen LogP contribution in [0.5, 0.6) is 0 Å². The number of carbonyl (C=O) groups is 1. The first-order chi connectivity index (χ1) is 10.6. The van der Waals surface area contributed by atoms with Gasteiger partial charge in [0.2, 0.25) is 0 Å². The van der Waals surface area contributed by atoms with E-state index in [1.54, 1.807) is 10.9 Å². The summed E-state index contributed by atoms with van der Waals surface area (Å²) < 4.78 is 7.20. The van der Waals surface area contributed by atoms with Gasteiger partial charge in [0, 0.05) is 12.3 Å². The van der Waals surface area contributed by atoms with Crippen molar-refractivity contribution in [3.8, 4) is 5.69 Å². The Bertz CT molecular complexity index is 660. The Labute approximate surface area is 129 Å². The molecule has 3 rings (SSSR count). The first-order valence-corrected chi connectivity index (χ1v) is 7.58. The Morgan fingerprint density at radius 3 is 3.05 bits per heavy atom. The van der Waals surface area contributed by atoms with Crippen LogP contribution in [-0.2, 0) is 9.53 Å². The largest absolute Gasteiger partial charge is 0.368 e. The summed E-state index contributed by atoms with van der Waals surface area (Å²) in [5.41, 5.74) is 2.65. The molecule has 1 N–H and O–H groups in total. The summed E-state index contributed by atoms with van der Waals surface area (Å²) in [4.78, 5) is 12.1. The number of anilines is 1. The lowest BCUT2D eigenvalue weighted by Crippen LogP contribution is -2.26. The summed E-state index contributed by atoms with van der Waals surface area (Å²) in [7, 11) is 0. The predicted octanol–water partition coefficient (Wildman–Crippen LogP) is 2.51. The van der Waals surface area contributed by atoms with Crippen molar-refractivity contribution in [2.75, 3.05) is 11.9 Å². The van der Waals surface area contributed by atoms with Crippen LogP contribution < -0.4 is 5.32 Å². The smallest absolute Gasteiger partial charge is 0.253 e. The number of rotatable bonds is 4. The second-order valence-electron chi connectivity index (χ2n) is 5.77. The third-order valence-electron chi connectivity index (χ3n) is 3.75. The summed E-state index contributed by atoms with van der Waals surface area (Å²) in [6, 6.07) is 7.60. The molecule has 1 aromatic heterocycles. The number of carbonyl (C=O) groups excluding carboxylic acids is 1. The summed E-state index contributed by atoms with van der Waals surface area (Å²) in [5.74, 6) is 0.234. The maximum absolute atomic E-state index is 12.1. The van der Waals surface area contributed by atoms with Crippen molar-refractivity contribution in [1.29, 1.82) is 0 Å². The Morgan fingerprint density at radius 1 is 1.45 bits per heavy atom. The zero-order chi connectivity index (χ0) is 15.5. The van der Waals surface area contributed by atoms with Gasteiger partial charge in [0.25, 0.3) is 5.91 Å². The lowest BCUT2D eigenvalue weighted by atomic mass is 10.1. The molecular weight excluding hydrogens is 280 g/mol. The minimum absolute atomic E-state index is 0.0858. The van der Waals surface area contributed by atoms with Crippen LogP contribution in [0.2, 0.25) is 0 Å². The molecule has 116 valence electrons. The third-order valence-corrected chi connectivity index (χ3v) is 3.75. The number of aromatic nitrogens is 3. The van der Waals surface area contributed by atoms with Gasteiger partial charge >= 0.3 is 0 Å². The van der Waals surface area contributed by atoms with Crippen LogP contribution in [0.4, 0.5) is 5.69 Å². The van der Waals surface area contributed by atoms with E-state index in [9.17, 15) is 4.79 Å². The van der Waals surface area contributed by atoms with E-state index < -0.39 is 0 Å². The van der Waals surface area contributed by atoms with Gasteiger partial charge in [-0.15, -0.1) is 5.10 Å². The molecule has 1 amide bonds. The van der Waals surface area contributed by atoms with Crippen molar-refractivity contribution in [3.63, 3.8) is 0 Å². The molecule has 2 aromatic rings. The monoisotopic (exact) mass is 300 g/mol. The predicted molar refractivity (Wildman–Crippen MR) is 83.1 cm³/mol. The first kappa shape index (κ1) is 14.7. The topological polar surface area (TPSA) is 69.0 Å². The maximum Gasteiger partial charge on any atom is 0.253 e. The molecule has 22 heavy (non-hydrogen) atoms. The minimum Gasteiger partial charge on any atom is -0.368 e. The second kappa shape index (κ2) is 6.27. The van der Waals surface area contributed by atoms with Gasteiger partial charge in [-0.25, -0.2) is 4.68 Å². The zero-order valence-electron chi connectivity index (χ0n) is 12.8. The molecule has 1 atom stereocenters. The van der Waals surface area contributed by atoms with Crippen LogP contribution in [-0.4, -0.2) is 33.6 Å². The highest BCUT2D eigenvalue weighted by Crippen LogP contribution is 2.21. The van der Waals surface area contributed by atoms with E-state index in [1.807, 2.05) is 24.3 Å². The number of amides is 1. The molecule has 2 heterocycles. The highest BCUT2D eigenvalue weighted by molar-refractivity contribution is 5.94. The molecule has 1 saturated heterocycles. The molecule has 0 bridgehead atoms. The SMILES string of the molecule is CC(C)c1cnnn1-c1cccc(NC(=O)C2CCCO2)c1. The summed E-state index contributed by atoms with van der Waals surface area (Å²) in [6.45, 7) is 4.85. The van der Waals surface area contributed by atoms with Crippen LogP contribution >= 0.6 is 0 Å². The van der Waals surface area contributed by atoms with Crippen LogP contribution in [0.25, 0.3) is 5.69 Å². The molecule has 1 aliphatic heterocycles. The second-order valence-corrected chi connectivity index (χ2v) is 5.77. The molecular formula is C16H20N4O2. The summed E-state index contributed by atoms with van der Waals surface area (Å²) >= 11 is 0. The van der Waals surface area contributed by atoms with Crippen LogP contribution in [0.1, 0.15) is 38.3 Å². The molecule has 0 spiro atoms. The van der Waals surface area contributed by atoms with E-state index in [0.717, 1.165) is 29.9 Å². The van der Waals surface area contributed by atoms with Crippen LogP contribution in [0.15, 0.2) is 30.5 Å². The van der Waals surface area contributed by atoms with Crippen LogP contribution in [0.3, 0.4) is 0 Å². The van der Waals surface area contributed by atoms with Gasteiger partial charge in [-0.2, -0.15) is 0 Å². The molecule has 0 saturated carbocycles. The fourth-order valence-electron chi connectivity index (χ4n) is 2.56. The van der Waals surface area contributed by atoms with E-state index in [4.69, 9.17) is 4.74 Å². The molecule has 1 aromatic carbocycles. The lowest BCUT2D eigenvalue weighted by molar-refractivity contribution is -0.124. The first-order valence-electron chi connectivity index (χ1n) is 7.58. The zero-order valence-corrected chi connectivity index (χ0v) is 12.8. The molecule has 6 heteroatoms. The molecule has 1 aliphatic rings. The number of benzene rings is 1. The Morgan fingerprint density at radius 2 is 2.32 bits per heavy atom. The van der Waals surface area contributed by atoms with Gasteiger partial charge < -0.3 is 10.1 Å². The quantitative estimate of drug-likeness (QED) is 0.942. The summed E-state index contributed by atoms with van der Waals surface area (Å²) in [5, 5.41) is 11.0. The molecule has 0 radical (unpaired) electrons. The van der Waals surface area contributed by atoms with Crippen molar-refractivity contribution < 1.29 is 9.53 Å². The van der Waals surface area contributed by atoms with Crippen molar-refractivity contribution in [1.82, 2.24) is 15.0 Å². The molecule has 6 nitrogen and oxygen atoms in total. The number of ether oxygens (including phenoxy) is 1. The van der Waals surface area contributed by atoms with E-state index in [0.29, 0.717) is 12.5 Å². The summed E-state index contributed by atoms with van der Waals surface area (Å²) in [6.07, 6.45) is 3.16. The highest BCUT2D eigenvalue weighted by Gasteiger charge is 2.23. The third kappa shape index (κ3) is 3.01. The standard InChI is InChI=1S/C16H20N4O2/c1-11(2)14-10-17-19-20(14)13-6-3-5-12(9-13)18-16(21)15-7-4-8-22-15/h3,5-6,9-11,15H,4,7-8H2,1-2H3,(H,18,21). The van der Waals surface area contributed by atoms with Gasteiger partial charge in [0.1, 0.15) is 6.10 Å². The van der Waals surface area contributed by atoms with Crippen molar-refractivity contribution in [2.45, 2.75) is 38.7 Å². The maximum atomic E-state index is 12.1. The van der Waals surface area contributed by atoms with E-state index in [2.05, 4.69) is 29.5 Å². The van der Waals surface area contributed by atoms with Gasteiger partial charge in [-0.3, -0.25) is 4.79 Å². The molecule has 0 aliphatic carbocycles. The van der Waals surface area contributed by atoms with E-state index in [1.165, 1.54) is 0 Å². The Kier molecular flexibility index (Phi) is 4.20. The van der Waals surface area contributed by atoms with Crippen LogP contribution in [0, 0.1) is 0 Å². The van der Waals surface area contributed by atoms with Gasteiger partial charge in [0.15, 0.2) is 0 Å². The fraction of sp³-hybridized carbons (Fsp3) is 0.438. The Balaban J connectivity index is 1.80. The van der Waals surface area contributed by atoms with Crippen molar-refractivity contribution >= 4 is 11.6 Å². The molecule has 1 unspecified atom stereocenters. The minimum atomic E-state index is -0.332. The average Bonchev–Trinajstić information content (AvgIpc) is 3.19. The van der Waals surface area contributed by atoms with Gasteiger partial charge in [0.05, 0.1) is 17.6 Å². The fourth-order valence-corrected chi connectivity index (χ4v) is 2.56. The Hall–Kier alpha value is -2.21. The van der Waals surface area contributed by atoms with Crippen molar-refractivity contribution in [2.24, 2.45) is 0 Å². The number of hydrogen-bond acceptors (Lipinski definition) is 4. The molecule has 1 fully saturated rings. The highest BCUT2D eigenvalue weighted by atomic mass is 16.5. The van der Waals surface area contributed by atoms with E-state index >= 15 is 0 Å². The van der Waals surface area contributed by atoms with E-state index in [-0.39, 0.29) is 12.0 Å². The van der Waals surface area contributed by atoms with Crippen molar-refractivity contribution in [3.05, 3.63) is 36.2 Å². The number of hydrogen-bond donors (Lipinski definition) is 1. The normalized spacial score (nSPS) is 17.9. The average molecular weight is 300 g/mol.